The van der Waals surface area contributed by atoms with Crippen LogP contribution in [0.5, 0.6) is 11.5 Å². The van der Waals surface area contributed by atoms with Gasteiger partial charge in [0.2, 0.25) is 0 Å². The number of aliphatic hydroxyl groups is 2. The summed E-state index contributed by atoms with van der Waals surface area (Å²) in [6, 6.07) is 4.85. The standard InChI is InChI=1S/C35H51NO11/c1-9-36-16-32(17-40-2)22(37)13-23(43-5)35-19-14-33(39)24(44-6)15-34(46-8,26(29(35)36)27(45-7)28(32)35)25(19)30(33)47-31(38)18-10-11-20(41-3)21(12-18)42-4/h10-12,19,22-30,37,39H,9,13-17H2,1-8H3. The van der Waals surface area contributed by atoms with Crippen LogP contribution in [0.3, 0.4) is 0 Å². The van der Waals surface area contributed by atoms with Gasteiger partial charge in [0.15, 0.2) is 11.5 Å². The molecule has 2 N–H and O–H groups in total. The van der Waals surface area contributed by atoms with Gasteiger partial charge in [-0.1, -0.05) is 6.92 Å². The Balaban J connectivity index is 1.43. The van der Waals surface area contributed by atoms with Crippen LogP contribution in [0.25, 0.3) is 0 Å². The Hall–Kier alpha value is -2.03. The third-order valence-electron chi connectivity index (χ3n) is 13.8. The predicted octanol–water partition coefficient (Wildman–Crippen LogP) is 1.78. The van der Waals surface area contributed by atoms with Gasteiger partial charge in [0.05, 0.1) is 56.4 Å². The zero-order valence-corrected chi connectivity index (χ0v) is 28.8. The Morgan fingerprint density at radius 3 is 2.28 bits per heavy atom. The molecule has 7 bridgehead atoms. The van der Waals surface area contributed by atoms with Gasteiger partial charge >= 0.3 is 5.97 Å². The summed E-state index contributed by atoms with van der Waals surface area (Å²) in [7, 11) is 11.5. The molecule has 1 spiro atoms. The Morgan fingerprint density at radius 1 is 0.957 bits per heavy atom. The maximum absolute atomic E-state index is 14.0. The van der Waals surface area contributed by atoms with Gasteiger partial charge in [-0.2, -0.15) is 0 Å². The minimum atomic E-state index is -1.50. The highest BCUT2D eigenvalue weighted by atomic mass is 16.6. The second kappa shape index (κ2) is 11.5. The number of hydrogen-bond acceptors (Lipinski definition) is 12. The van der Waals surface area contributed by atoms with Gasteiger partial charge in [-0.3, -0.25) is 4.90 Å². The van der Waals surface area contributed by atoms with Crippen molar-refractivity contribution in [3.8, 4) is 11.5 Å². The van der Waals surface area contributed by atoms with Gasteiger partial charge in [0, 0.05) is 89.6 Å². The number of benzene rings is 1. The van der Waals surface area contributed by atoms with E-state index in [1.54, 1.807) is 53.7 Å². The molecule has 1 saturated heterocycles. The SMILES string of the molecule is CCN1CC2(COC)C(O)CC(OC)C34C5CC6(O)C(OC)CC(OC)(C5C6OC(=O)c5ccc(OC)c(OC)c5)C(C(OC)C23)C14. The van der Waals surface area contributed by atoms with Crippen LogP contribution in [-0.4, -0.2) is 138 Å². The van der Waals surface area contributed by atoms with E-state index in [-0.39, 0.29) is 41.6 Å². The van der Waals surface area contributed by atoms with E-state index < -0.39 is 52.2 Å². The first-order chi connectivity index (χ1) is 22.6. The fourth-order valence-corrected chi connectivity index (χ4v) is 12.5. The molecule has 5 aliphatic carbocycles. The van der Waals surface area contributed by atoms with Crippen LogP contribution >= 0.6 is 0 Å². The lowest BCUT2D eigenvalue weighted by atomic mass is 9.42. The molecule has 14 unspecified atom stereocenters. The summed E-state index contributed by atoms with van der Waals surface area (Å²) < 4.78 is 49.2. The van der Waals surface area contributed by atoms with Crippen LogP contribution in [0.4, 0.5) is 0 Å². The molecule has 1 heterocycles. The van der Waals surface area contributed by atoms with E-state index in [0.717, 1.165) is 6.54 Å². The Kier molecular flexibility index (Phi) is 8.20. The summed E-state index contributed by atoms with van der Waals surface area (Å²) in [6.07, 6.45) is -1.83. The molecule has 0 amide bonds. The lowest BCUT2D eigenvalue weighted by Gasteiger charge is -2.70. The van der Waals surface area contributed by atoms with Crippen LogP contribution in [0, 0.1) is 34.5 Å². The molecule has 0 radical (unpaired) electrons. The first-order valence-corrected chi connectivity index (χ1v) is 16.8. The highest BCUT2D eigenvalue weighted by Crippen LogP contribution is 2.80. The quantitative estimate of drug-likeness (QED) is 0.335. The lowest BCUT2D eigenvalue weighted by Crippen LogP contribution is -2.79. The monoisotopic (exact) mass is 661 g/mol. The molecule has 14 atom stereocenters. The maximum atomic E-state index is 14.0. The zero-order valence-electron chi connectivity index (χ0n) is 28.8. The highest BCUT2D eigenvalue weighted by Gasteiger charge is 2.90. The van der Waals surface area contributed by atoms with E-state index in [1.807, 2.05) is 0 Å². The van der Waals surface area contributed by atoms with E-state index >= 15 is 0 Å². The van der Waals surface area contributed by atoms with Gasteiger partial charge in [0.25, 0.3) is 0 Å². The average molecular weight is 662 g/mol. The maximum Gasteiger partial charge on any atom is 0.338 e. The van der Waals surface area contributed by atoms with Crippen molar-refractivity contribution in [3.05, 3.63) is 23.8 Å². The fraction of sp³-hybridized carbons (Fsp3) is 0.800. The number of carbonyl (C=O) groups excluding carboxylic acids is 1. The smallest absolute Gasteiger partial charge is 0.338 e. The Bertz CT molecular complexity index is 1380. The third kappa shape index (κ3) is 3.90. The number of esters is 1. The van der Waals surface area contributed by atoms with Crippen molar-refractivity contribution in [1.29, 1.82) is 0 Å². The van der Waals surface area contributed by atoms with Gasteiger partial charge < -0.3 is 48.1 Å². The van der Waals surface area contributed by atoms with Crippen molar-refractivity contribution in [2.24, 2.45) is 34.5 Å². The number of fused-ring (bicyclic) bond motifs is 2. The number of carbonyl (C=O) groups is 1. The molecule has 47 heavy (non-hydrogen) atoms. The molecule has 0 aromatic heterocycles. The van der Waals surface area contributed by atoms with E-state index in [4.69, 9.17) is 37.9 Å². The molecule has 262 valence electrons. The van der Waals surface area contributed by atoms with Gasteiger partial charge in [0.1, 0.15) is 11.7 Å². The van der Waals surface area contributed by atoms with Crippen molar-refractivity contribution >= 4 is 5.97 Å². The number of aliphatic hydroxyl groups excluding tert-OH is 1. The largest absolute Gasteiger partial charge is 0.493 e. The number of rotatable bonds is 11. The first-order valence-electron chi connectivity index (χ1n) is 16.8. The van der Waals surface area contributed by atoms with Crippen molar-refractivity contribution < 1.29 is 52.9 Å². The van der Waals surface area contributed by atoms with Crippen LogP contribution in [-0.2, 0) is 28.4 Å². The number of piperidine rings is 1. The molecular formula is C35H51NO11. The summed E-state index contributed by atoms with van der Waals surface area (Å²) in [5.74, 6) is -0.676. The molecule has 12 heteroatoms. The van der Waals surface area contributed by atoms with Gasteiger partial charge in [-0.25, -0.2) is 4.79 Å². The number of hydrogen-bond donors (Lipinski definition) is 2. The predicted molar refractivity (Wildman–Crippen MR) is 167 cm³/mol. The van der Waals surface area contributed by atoms with E-state index in [1.165, 1.54) is 14.2 Å². The van der Waals surface area contributed by atoms with E-state index in [2.05, 4.69) is 11.8 Å². The fourth-order valence-electron chi connectivity index (χ4n) is 12.5. The van der Waals surface area contributed by atoms with Crippen molar-refractivity contribution in [2.45, 2.75) is 73.9 Å². The summed E-state index contributed by atoms with van der Waals surface area (Å²) >= 11 is 0. The van der Waals surface area contributed by atoms with Gasteiger partial charge in [-0.05, 0) is 37.1 Å². The van der Waals surface area contributed by atoms with Crippen LogP contribution < -0.4 is 9.47 Å². The molecule has 1 aromatic carbocycles. The summed E-state index contributed by atoms with van der Waals surface area (Å²) in [6.45, 7) is 3.90. The molecule has 1 aromatic rings. The van der Waals surface area contributed by atoms with Crippen LogP contribution in [0.1, 0.15) is 36.5 Å². The zero-order chi connectivity index (χ0) is 33.7. The average Bonchev–Trinajstić information content (AvgIpc) is 3.45. The second-order valence-corrected chi connectivity index (χ2v) is 14.7. The summed E-state index contributed by atoms with van der Waals surface area (Å²) in [5, 5.41) is 24.9. The van der Waals surface area contributed by atoms with Gasteiger partial charge in [-0.15, -0.1) is 0 Å². The van der Waals surface area contributed by atoms with Crippen molar-refractivity contribution in [2.75, 3.05) is 69.5 Å². The molecule has 12 nitrogen and oxygen atoms in total. The number of likely N-dealkylation sites (tertiary alicyclic amines) is 1. The molecule has 6 fully saturated rings. The second-order valence-electron chi connectivity index (χ2n) is 14.7. The van der Waals surface area contributed by atoms with E-state index in [9.17, 15) is 15.0 Å². The Morgan fingerprint density at radius 2 is 1.68 bits per heavy atom. The number of nitrogens with zero attached hydrogens (tertiary/aromatic N) is 1. The van der Waals surface area contributed by atoms with Crippen LogP contribution in [0.15, 0.2) is 18.2 Å². The molecule has 5 saturated carbocycles. The minimum absolute atomic E-state index is 0.0359. The molecule has 7 rings (SSSR count). The third-order valence-corrected chi connectivity index (χ3v) is 13.8. The number of ether oxygens (including phenoxy) is 8. The summed E-state index contributed by atoms with van der Waals surface area (Å²) in [5.41, 5.74) is -3.32. The normalized spacial score (nSPS) is 47.5. The molecular weight excluding hydrogens is 610 g/mol. The van der Waals surface area contributed by atoms with Crippen molar-refractivity contribution in [1.82, 2.24) is 4.90 Å². The van der Waals surface area contributed by atoms with E-state index in [0.29, 0.717) is 43.9 Å². The summed E-state index contributed by atoms with van der Waals surface area (Å²) in [4.78, 5) is 16.5. The molecule has 6 aliphatic rings. The lowest BCUT2D eigenvalue weighted by molar-refractivity contribution is -0.302. The Labute approximate surface area is 276 Å². The highest BCUT2D eigenvalue weighted by molar-refractivity contribution is 5.90. The minimum Gasteiger partial charge on any atom is -0.493 e. The van der Waals surface area contributed by atoms with Crippen LogP contribution in [0.2, 0.25) is 0 Å². The van der Waals surface area contributed by atoms with Crippen molar-refractivity contribution in [3.63, 3.8) is 0 Å². The molecule has 1 aliphatic heterocycles. The number of methoxy groups -OCH3 is 7. The first kappa shape index (κ1) is 33.5. The topological polar surface area (TPSA) is 135 Å².